The number of ether oxygens (including phenoxy) is 2. The molecule has 0 aliphatic heterocycles. The van der Waals surface area contributed by atoms with Gasteiger partial charge in [0.05, 0.1) is 24.8 Å². The van der Waals surface area contributed by atoms with E-state index in [2.05, 4.69) is 5.32 Å². The maximum atomic E-state index is 14.6. The summed E-state index contributed by atoms with van der Waals surface area (Å²) in [6, 6.07) is 25.5. The van der Waals surface area contributed by atoms with Crippen molar-refractivity contribution in [3.05, 3.63) is 118 Å². The first-order chi connectivity index (χ1) is 23.0. The molecule has 12 heteroatoms. The molecule has 48 heavy (non-hydrogen) atoms. The van der Waals surface area contributed by atoms with Gasteiger partial charge in [-0.25, -0.2) is 8.42 Å². The van der Waals surface area contributed by atoms with E-state index in [-0.39, 0.29) is 41.2 Å². The van der Waals surface area contributed by atoms with Crippen LogP contribution in [0.5, 0.6) is 11.5 Å². The molecule has 0 aromatic heterocycles. The summed E-state index contributed by atoms with van der Waals surface area (Å²) in [5.41, 5.74) is 1.71. The van der Waals surface area contributed by atoms with Gasteiger partial charge in [-0.15, -0.1) is 0 Å². The van der Waals surface area contributed by atoms with Gasteiger partial charge < -0.3 is 19.7 Å². The fraction of sp³-hybridized carbons (Fsp3) is 0.278. The third-order valence-electron chi connectivity index (χ3n) is 7.85. The van der Waals surface area contributed by atoms with Gasteiger partial charge in [0.1, 0.15) is 12.6 Å². The predicted octanol–water partition coefficient (Wildman–Crippen LogP) is 6.76. The first-order valence-corrected chi connectivity index (χ1v) is 17.5. The van der Waals surface area contributed by atoms with Crippen molar-refractivity contribution in [3.63, 3.8) is 0 Å². The van der Waals surface area contributed by atoms with Crippen molar-refractivity contribution < 1.29 is 27.5 Å². The fourth-order valence-corrected chi connectivity index (χ4v) is 6.84. The molecule has 0 aliphatic rings. The molecule has 4 rings (SSSR count). The minimum Gasteiger partial charge on any atom is -0.493 e. The van der Waals surface area contributed by atoms with Crippen LogP contribution in [-0.4, -0.2) is 58.0 Å². The Labute approximate surface area is 292 Å². The van der Waals surface area contributed by atoms with Crippen LogP contribution in [0.4, 0.5) is 5.69 Å². The Balaban J connectivity index is 1.83. The van der Waals surface area contributed by atoms with Gasteiger partial charge in [0, 0.05) is 35.1 Å². The smallest absolute Gasteiger partial charge is 0.264 e. The SMILES string of the molecule is CC[C@@H](C)NC(=O)[C@@H](Cc1ccccc1)N(Cc1cccc(Cl)c1)C(=O)CN(c1ccc(Cl)cc1)S(=O)(=O)c1ccc(OC)c(OC)c1. The molecule has 0 spiro atoms. The summed E-state index contributed by atoms with van der Waals surface area (Å²) in [5, 5.41) is 3.87. The predicted molar refractivity (Wildman–Crippen MR) is 189 cm³/mol. The van der Waals surface area contributed by atoms with E-state index in [1.807, 2.05) is 44.2 Å². The van der Waals surface area contributed by atoms with E-state index >= 15 is 0 Å². The number of benzene rings is 4. The molecule has 2 amide bonds. The quantitative estimate of drug-likeness (QED) is 0.146. The molecule has 9 nitrogen and oxygen atoms in total. The molecule has 0 saturated carbocycles. The van der Waals surface area contributed by atoms with Crippen LogP contribution in [0.3, 0.4) is 0 Å². The second kappa shape index (κ2) is 16.7. The Morgan fingerprint density at radius 1 is 0.812 bits per heavy atom. The van der Waals surface area contributed by atoms with Crippen LogP contribution in [-0.2, 0) is 32.6 Å². The highest BCUT2D eigenvalue weighted by molar-refractivity contribution is 7.92. The lowest BCUT2D eigenvalue weighted by Gasteiger charge is -2.34. The van der Waals surface area contributed by atoms with E-state index in [4.69, 9.17) is 32.7 Å². The number of methoxy groups -OCH3 is 2. The average Bonchev–Trinajstić information content (AvgIpc) is 3.09. The molecule has 0 unspecified atom stereocenters. The average molecular weight is 713 g/mol. The van der Waals surface area contributed by atoms with Crippen molar-refractivity contribution in [1.29, 1.82) is 0 Å². The van der Waals surface area contributed by atoms with E-state index in [0.29, 0.717) is 27.8 Å². The summed E-state index contributed by atoms with van der Waals surface area (Å²) < 4.78 is 40.4. The molecule has 0 radical (unpaired) electrons. The van der Waals surface area contributed by atoms with E-state index in [9.17, 15) is 18.0 Å². The molecule has 4 aromatic carbocycles. The van der Waals surface area contributed by atoms with Crippen molar-refractivity contribution in [1.82, 2.24) is 10.2 Å². The monoisotopic (exact) mass is 711 g/mol. The minimum absolute atomic E-state index is 0.00428. The van der Waals surface area contributed by atoms with Crippen LogP contribution in [0.25, 0.3) is 0 Å². The highest BCUT2D eigenvalue weighted by Crippen LogP contribution is 2.33. The number of nitrogens with zero attached hydrogens (tertiary/aromatic N) is 2. The third-order valence-corrected chi connectivity index (χ3v) is 10.1. The molecular weight excluding hydrogens is 673 g/mol. The molecule has 254 valence electrons. The Morgan fingerprint density at radius 3 is 2.10 bits per heavy atom. The number of nitrogens with one attached hydrogen (secondary N) is 1. The number of hydrogen-bond acceptors (Lipinski definition) is 6. The molecule has 0 fully saturated rings. The van der Waals surface area contributed by atoms with Gasteiger partial charge in [0.15, 0.2) is 11.5 Å². The summed E-state index contributed by atoms with van der Waals surface area (Å²) in [4.78, 5) is 29.9. The number of amides is 2. The molecule has 2 atom stereocenters. The molecule has 0 saturated heterocycles. The minimum atomic E-state index is -4.37. The number of carbonyl (C=O) groups excluding carboxylic acids is 2. The Kier molecular flexibility index (Phi) is 12.7. The number of rotatable bonds is 15. The summed E-state index contributed by atoms with van der Waals surface area (Å²) in [7, 11) is -1.53. The summed E-state index contributed by atoms with van der Waals surface area (Å²) in [6.07, 6.45) is 0.874. The van der Waals surface area contributed by atoms with Crippen LogP contribution in [0.1, 0.15) is 31.4 Å². The van der Waals surface area contributed by atoms with Gasteiger partial charge in [-0.05, 0) is 73.0 Å². The zero-order chi connectivity index (χ0) is 34.8. The van der Waals surface area contributed by atoms with Crippen molar-refractivity contribution in [2.24, 2.45) is 0 Å². The normalized spacial score (nSPS) is 12.5. The molecule has 0 bridgehead atoms. The van der Waals surface area contributed by atoms with Gasteiger partial charge in [0.2, 0.25) is 11.8 Å². The second-order valence-corrected chi connectivity index (χ2v) is 13.9. The van der Waals surface area contributed by atoms with Gasteiger partial charge in [0.25, 0.3) is 10.0 Å². The number of carbonyl (C=O) groups is 2. The van der Waals surface area contributed by atoms with Gasteiger partial charge in [-0.3, -0.25) is 13.9 Å². The Bertz CT molecular complexity index is 1810. The van der Waals surface area contributed by atoms with Crippen molar-refractivity contribution in [2.45, 2.75) is 50.2 Å². The van der Waals surface area contributed by atoms with Crippen LogP contribution in [0.2, 0.25) is 10.0 Å². The van der Waals surface area contributed by atoms with Crippen LogP contribution in [0.15, 0.2) is 102 Å². The molecule has 0 heterocycles. The maximum Gasteiger partial charge on any atom is 0.264 e. The van der Waals surface area contributed by atoms with E-state index < -0.39 is 28.5 Å². The number of anilines is 1. The maximum absolute atomic E-state index is 14.6. The van der Waals surface area contributed by atoms with Crippen LogP contribution >= 0.6 is 23.2 Å². The molecule has 1 N–H and O–H groups in total. The second-order valence-electron chi connectivity index (χ2n) is 11.2. The lowest BCUT2D eigenvalue weighted by molar-refractivity contribution is -0.140. The van der Waals surface area contributed by atoms with Crippen molar-refractivity contribution in [3.8, 4) is 11.5 Å². The highest BCUT2D eigenvalue weighted by Gasteiger charge is 2.35. The lowest BCUT2D eigenvalue weighted by atomic mass is 10.0. The van der Waals surface area contributed by atoms with E-state index in [1.54, 1.807) is 36.4 Å². The van der Waals surface area contributed by atoms with Crippen molar-refractivity contribution >= 4 is 50.7 Å². The van der Waals surface area contributed by atoms with Crippen LogP contribution < -0.4 is 19.1 Å². The Morgan fingerprint density at radius 2 is 1.48 bits per heavy atom. The number of halogens is 2. The summed E-state index contributed by atoms with van der Waals surface area (Å²) in [6.45, 7) is 3.21. The number of sulfonamides is 1. The topological polar surface area (TPSA) is 105 Å². The summed E-state index contributed by atoms with van der Waals surface area (Å²) in [5.74, 6) is -0.416. The molecule has 0 aliphatic carbocycles. The van der Waals surface area contributed by atoms with Gasteiger partial charge >= 0.3 is 0 Å². The van der Waals surface area contributed by atoms with Crippen LogP contribution in [0, 0.1) is 0 Å². The van der Waals surface area contributed by atoms with E-state index in [1.165, 1.54) is 49.5 Å². The van der Waals surface area contributed by atoms with Gasteiger partial charge in [-0.2, -0.15) is 0 Å². The zero-order valence-electron chi connectivity index (χ0n) is 27.2. The third kappa shape index (κ3) is 9.21. The van der Waals surface area contributed by atoms with Gasteiger partial charge in [-0.1, -0.05) is 72.6 Å². The van der Waals surface area contributed by atoms with Crippen molar-refractivity contribution in [2.75, 3.05) is 25.1 Å². The summed E-state index contributed by atoms with van der Waals surface area (Å²) >= 11 is 12.5. The molecule has 4 aromatic rings. The molecular formula is C36H39Cl2N3O6S. The van der Waals surface area contributed by atoms with E-state index in [0.717, 1.165) is 9.87 Å². The first kappa shape index (κ1) is 36.6. The number of hydrogen-bond donors (Lipinski definition) is 1. The standard InChI is InChI=1S/C36H39Cl2N3O6S/c1-5-25(2)39-36(43)32(21-26-10-7-6-8-11-26)40(23-27-12-9-13-29(38)20-27)35(42)24-41(30-16-14-28(37)15-17-30)48(44,45)31-18-19-33(46-3)34(22-31)47-4/h6-20,22,25,32H,5,21,23-24H2,1-4H3,(H,39,43)/t25-,32-/m1/s1. The Hall–Kier alpha value is -4.25. The first-order valence-electron chi connectivity index (χ1n) is 15.3. The fourth-order valence-electron chi connectivity index (χ4n) is 5.07. The zero-order valence-corrected chi connectivity index (χ0v) is 29.6. The lowest BCUT2D eigenvalue weighted by Crippen LogP contribution is -2.54. The highest BCUT2D eigenvalue weighted by atomic mass is 35.5. The largest absolute Gasteiger partial charge is 0.493 e.